The number of hydrogen-bond donors (Lipinski definition) is 2. The van der Waals surface area contributed by atoms with Gasteiger partial charge in [0, 0.05) is 13.1 Å². The molecular weight excluding hydrogens is 196 g/mol. The lowest BCUT2D eigenvalue weighted by Gasteiger charge is -2.37. The molecule has 0 aromatic carbocycles. The first-order chi connectivity index (χ1) is 7.07. The van der Waals surface area contributed by atoms with Crippen molar-refractivity contribution >= 4 is 12.0 Å². The van der Waals surface area contributed by atoms with Crippen molar-refractivity contribution in [2.45, 2.75) is 32.7 Å². The van der Waals surface area contributed by atoms with E-state index in [9.17, 15) is 9.59 Å². The summed E-state index contributed by atoms with van der Waals surface area (Å²) in [5, 5.41) is 11.7. The second-order valence-electron chi connectivity index (χ2n) is 3.93. The highest BCUT2D eigenvalue weighted by molar-refractivity contribution is 5.83. The van der Waals surface area contributed by atoms with Gasteiger partial charge in [0.2, 0.25) is 0 Å². The molecule has 1 aliphatic heterocycles. The molecule has 2 unspecified atom stereocenters. The first kappa shape index (κ1) is 11.8. The molecule has 0 aromatic rings. The predicted molar refractivity (Wildman–Crippen MR) is 55.6 cm³/mol. The third-order valence-corrected chi connectivity index (χ3v) is 2.78. The van der Waals surface area contributed by atoms with E-state index in [1.165, 1.54) is 4.90 Å². The van der Waals surface area contributed by atoms with Crippen molar-refractivity contribution in [3.05, 3.63) is 0 Å². The van der Waals surface area contributed by atoms with Crippen LogP contribution in [0.3, 0.4) is 0 Å². The Bertz CT molecular complexity index is 255. The lowest BCUT2D eigenvalue weighted by atomic mass is 9.91. The van der Waals surface area contributed by atoms with Crippen LogP contribution in [0.15, 0.2) is 0 Å². The van der Waals surface area contributed by atoms with Crippen LogP contribution >= 0.6 is 0 Å². The molecule has 2 amide bonds. The number of aliphatic carboxylic acids is 1. The molecule has 1 heterocycles. The highest BCUT2D eigenvalue weighted by Gasteiger charge is 2.36. The van der Waals surface area contributed by atoms with Gasteiger partial charge < -0.3 is 15.3 Å². The Morgan fingerprint density at radius 1 is 1.53 bits per heavy atom. The summed E-state index contributed by atoms with van der Waals surface area (Å²) in [7, 11) is 0. The number of carbonyl (C=O) groups excluding carboxylic acids is 1. The van der Waals surface area contributed by atoms with Gasteiger partial charge in [-0.3, -0.25) is 0 Å². The lowest BCUT2D eigenvalue weighted by Crippen LogP contribution is -2.55. The van der Waals surface area contributed by atoms with E-state index < -0.39 is 12.0 Å². The van der Waals surface area contributed by atoms with E-state index in [4.69, 9.17) is 5.11 Å². The fourth-order valence-corrected chi connectivity index (χ4v) is 2.05. The van der Waals surface area contributed by atoms with Gasteiger partial charge in [-0.05, 0) is 25.7 Å². The average molecular weight is 214 g/mol. The Kier molecular flexibility index (Phi) is 3.94. The Morgan fingerprint density at radius 3 is 2.73 bits per heavy atom. The van der Waals surface area contributed by atoms with E-state index in [-0.39, 0.29) is 11.9 Å². The van der Waals surface area contributed by atoms with Gasteiger partial charge >= 0.3 is 12.0 Å². The van der Waals surface area contributed by atoms with Gasteiger partial charge in [0.05, 0.1) is 0 Å². The van der Waals surface area contributed by atoms with Crippen molar-refractivity contribution in [2.75, 3.05) is 13.1 Å². The normalized spacial score (nSPS) is 26.1. The summed E-state index contributed by atoms with van der Waals surface area (Å²) in [6.07, 6.45) is 1.74. The lowest BCUT2D eigenvalue weighted by molar-refractivity contribution is -0.145. The van der Waals surface area contributed by atoms with Crippen LogP contribution in [0.2, 0.25) is 0 Å². The van der Waals surface area contributed by atoms with Crippen molar-refractivity contribution < 1.29 is 14.7 Å². The van der Waals surface area contributed by atoms with Crippen molar-refractivity contribution in [3.8, 4) is 0 Å². The smallest absolute Gasteiger partial charge is 0.326 e. The monoisotopic (exact) mass is 214 g/mol. The number of nitrogens with zero attached hydrogens (tertiary/aromatic N) is 1. The minimum Gasteiger partial charge on any atom is -0.480 e. The molecule has 5 heteroatoms. The molecule has 0 aromatic heterocycles. The van der Waals surface area contributed by atoms with E-state index in [2.05, 4.69) is 5.32 Å². The summed E-state index contributed by atoms with van der Waals surface area (Å²) in [6.45, 7) is 4.76. The Labute approximate surface area is 89.4 Å². The maximum Gasteiger partial charge on any atom is 0.326 e. The fourth-order valence-electron chi connectivity index (χ4n) is 2.05. The molecule has 1 fully saturated rings. The number of likely N-dealkylation sites (tertiary alicyclic amines) is 1. The number of carbonyl (C=O) groups is 2. The number of rotatable bonds is 2. The van der Waals surface area contributed by atoms with Crippen LogP contribution < -0.4 is 5.32 Å². The molecule has 15 heavy (non-hydrogen) atoms. The van der Waals surface area contributed by atoms with E-state index in [1.807, 2.05) is 13.8 Å². The first-order valence-corrected chi connectivity index (χ1v) is 5.35. The second-order valence-corrected chi connectivity index (χ2v) is 3.93. The molecule has 0 saturated carbocycles. The summed E-state index contributed by atoms with van der Waals surface area (Å²) in [5.41, 5.74) is 0. The summed E-state index contributed by atoms with van der Waals surface area (Å²) in [5.74, 6) is -0.882. The third-order valence-electron chi connectivity index (χ3n) is 2.78. The molecule has 2 N–H and O–H groups in total. The van der Waals surface area contributed by atoms with Crippen LogP contribution in [-0.2, 0) is 4.79 Å². The number of amides is 2. The van der Waals surface area contributed by atoms with Crippen LogP contribution in [0.4, 0.5) is 4.79 Å². The molecule has 0 aliphatic carbocycles. The quantitative estimate of drug-likeness (QED) is 0.717. The number of nitrogens with one attached hydrogen (secondary N) is 1. The summed E-state index contributed by atoms with van der Waals surface area (Å²) in [4.78, 5) is 24.1. The maximum atomic E-state index is 11.6. The van der Waals surface area contributed by atoms with Crippen LogP contribution in [0, 0.1) is 5.92 Å². The van der Waals surface area contributed by atoms with Gasteiger partial charge in [-0.1, -0.05) is 6.92 Å². The van der Waals surface area contributed by atoms with E-state index >= 15 is 0 Å². The van der Waals surface area contributed by atoms with Crippen molar-refractivity contribution in [1.29, 1.82) is 0 Å². The van der Waals surface area contributed by atoms with Crippen molar-refractivity contribution in [3.63, 3.8) is 0 Å². The topological polar surface area (TPSA) is 69.6 Å². The van der Waals surface area contributed by atoms with E-state index in [0.717, 1.165) is 12.8 Å². The molecule has 5 nitrogen and oxygen atoms in total. The number of hydrogen-bond acceptors (Lipinski definition) is 2. The highest BCUT2D eigenvalue weighted by atomic mass is 16.4. The van der Waals surface area contributed by atoms with Gasteiger partial charge in [-0.25, -0.2) is 9.59 Å². The zero-order valence-corrected chi connectivity index (χ0v) is 9.19. The molecule has 0 spiro atoms. The molecule has 2 atom stereocenters. The van der Waals surface area contributed by atoms with Crippen LogP contribution in [0.1, 0.15) is 26.7 Å². The standard InChI is InChI=1S/C10H18N2O3/c1-3-11-10(15)12-6-4-5-7(2)8(12)9(13)14/h7-8H,3-6H2,1-2H3,(H,11,15)(H,13,14). The summed E-state index contributed by atoms with van der Waals surface area (Å²) < 4.78 is 0. The molecule has 0 bridgehead atoms. The number of carboxylic acid groups (broad SMARTS) is 1. The molecule has 1 rings (SSSR count). The first-order valence-electron chi connectivity index (χ1n) is 5.35. The van der Waals surface area contributed by atoms with Crippen LogP contribution in [0.5, 0.6) is 0 Å². The predicted octanol–water partition coefficient (Wildman–Crippen LogP) is 0.901. The average Bonchev–Trinajstić information content (AvgIpc) is 2.17. The van der Waals surface area contributed by atoms with E-state index in [1.54, 1.807) is 0 Å². The maximum absolute atomic E-state index is 11.6. The van der Waals surface area contributed by atoms with Gasteiger partial charge in [-0.2, -0.15) is 0 Å². The van der Waals surface area contributed by atoms with Crippen molar-refractivity contribution in [2.24, 2.45) is 5.92 Å². The van der Waals surface area contributed by atoms with E-state index in [0.29, 0.717) is 13.1 Å². The van der Waals surface area contributed by atoms with Crippen LogP contribution in [0.25, 0.3) is 0 Å². The molecule has 86 valence electrons. The number of urea groups is 1. The van der Waals surface area contributed by atoms with Gasteiger partial charge in [0.25, 0.3) is 0 Å². The zero-order chi connectivity index (χ0) is 11.4. The zero-order valence-electron chi connectivity index (χ0n) is 9.19. The van der Waals surface area contributed by atoms with Gasteiger partial charge in [-0.15, -0.1) is 0 Å². The van der Waals surface area contributed by atoms with Crippen molar-refractivity contribution in [1.82, 2.24) is 10.2 Å². The Hall–Kier alpha value is -1.26. The number of piperidine rings is 1. The van der Waals surface area contributed by atoms with Gasteiger partial charge in [0.1, 0.15) is 6.04 Å². The van der Waals surface area contributed by atoms with Gasteiger partial charge in [0.15, 0.2) is 0 Å². The minimum absolute atomic E-state index is 0.0267. The second kappa shape index (κ2) is 5.00. The Balaban J connectivity index is 2.74. The Morgan fingerprint density at radius 2 is 2.20 bits per heavy atom. The molecule has 0 radical (unpaired) electrons. The molecule has 1 saturated heterocycles. The highest BCUT2D eigenvalue weighted by Crippen LogP contribution is 2.23. The molecular formula is C10H18N2O3. The summed E-state index contributed by atoms with van der Waals surface area (Å²) >= 11 is 0. The van der Waals surface area contributed by atoms with Crippen LogP contribution in [-0.4, -0.2) is 41.1 Å². The largest absolute Gasteiger partial charge is 0.480 e. The fraction of sp³-hybridized carbons (Fsp3) is 0.800. The SMILES string of the molecule is CCNC(=O)N1CCCC(C)C1C(=O)O. The molecule has 1 aliphatic rings. The minimum atomic E-state index is -0.909. The third kappa shape index (κ3) is 2.61. The summed E-state index contributed by atoms with van der Waals surface area (Å²) in [6, 6.07) is -0.943. The number of carboxylic acids is 1.